The minimum Gasteiger partial charge on any atom is -0.374 e. The molecule has 0 spiro atoms. The minimum absolute atomic E-state index is 0.0410. The van der Waals surface area contributed by atoms with Gasteiger partial charge in [-0.3, -0.25) is 14.3 Å². The Morgan fingerprint density at radius 3 is 2.32 bits per heavy atom. The van der Waals surface area contributed by atoms with Gasteiger partial charge in [0.15, 0.2) is 14.6 Å². The molecule has 1 aliphatic heterocycles. The first-order valence-corrected chi connectivity index (χ1v) is 16.7. The fraction of sp³-hybridized carbons (Fsp3) is 0.815. The maximum atomic E-state index is 12.8. The normalized spacial score (nSPS) is 24.4. The Morgan fingerprint density at radius 1 is 1.15 bits per heavy atom. The number of nitriles is 1. The van der Waals surface area contributed by atoms with Crippen molar-refractivity contribution in [3.8, 4) is 6.07 Å². The Bertz CT molecular complexity index is 1090. The zero-order valence-corrected chi connectivity index (χ0v) is 27.1. The molecule has 2 fully saturated rings. The summed E-state index contributed by atoms with van der Waals surface area (Å²) < 4.78 is 41.0. The van der Waals surface area contributed by atoms with Crippen molar-refractivity contribution in [3.63, 3.8) is 0 Å². The summed E-state index contributed by atoms with van der Waals surface area (Å²) in [4.78, 5) is 26.9. The highest BCUT2D eigenvalue weighted by Gasteiger charge is 2.55. The van der Waals surface area contributed by atoms with Crippen LogP contribution in [0.1, 0.15) is 79.9 Å². The van der Waals surface area contributed by atoms with E-state index in [2.05, 4.69) is 43.4 Å². The van der Waals surface area contributed by atoms with E-state index in [1.54, 1.807) is 7.11 Å². The highest BCUT2D eigenvalue weighted by atomic mass is 31.2. The molecule has 0 bridgehead atoms. The molecule has 1 N–H and O–H groups in total. The van der Waals surface area contributed by atoms with Crippen LogP contribution in [0.15, 0.2) is 21.9 Å². The number of hydrogen-bond donors (Lipinski definition) is 1. The van der Waals surface area contributed by atoms with E-state index in [1.807, 2.05) is 13.8 Å². The van der Waals surface area contributed by atoms with Crippen molar-refractivity contribution in [1.29, 1.82) is 5.26 Å². The van der Waals surface area contributed by atoms with Crippen LogP contribution in [0.5, 0.6) is 0 Å². The smallest absolute Gasteiger partial charge is 0.330 e. The van der Waals surface area contributed by atoms with Gasteiger partial charge >= 0.3 is 5.69 Å². The predicted molar refractivity (Wildman–Crippen MR) is 157 cm³/mol. The number of methoxy groups -OCH3 is 1. The molecule has 3 rings (SSSR count). The van der Waals surface area contributed by atoms with Gasteiger partial charge in [0.25, 0.3) is 14.1 Å². The van der Waals surface area contributed by atoms with Crippen LogP contribution in [0.4, 0.5) is 0 Å². The summed E-state index contributed by atoms with van der Waals surface area (Å²) in [5, 5.41) is 9.09. The van der Waals surface area contributed by atoms with Gasteiger partial charge < -0.3 is 27.6 Å². The van der Waals surface area contributed by atoms with E-state index < -0.39 is 52.7 Å². The number of hydrogen-bond acceptors (Lipinski definition) is 10. The third-order valence-electron chi connectivity index (χ3n) is 7.16. The Morgan fingerprint density at radius 2 is 1.80 bits per heavy atom. The summed E-state index contributed by atoms with van der Waals surface area (Å²) in [6, 6.07) is 3.64. The van der Waals surface area contributed by atoms with Crippen molar-refractivity contribution in [2.24, 2.45) is 0 Å². The van der Waals surface area contributed by atoms with Crippen molar-refractivity contribution >= 4 is 16.9 Å². The second-order valence-electron chi connectivity index (χ2n) is 10.8. The average Bonchev–Trinajstić information content (AvgIpc) is 3.63. The average molecular weight is 617 g/mol. The van der Waals surface area contributed by atoms with Crippen LogP contribution in [0, 0.1) is 11.3 Å². The van der Waals surface area contributed by atoms with Crippen molar-refractivity contribution in [2.45, 2.75) is 115 Å². The van der Waals surface area contributed by atoms with Crippen LogP contribution in [-0.2, 0) is 27.6 Å². The molecule has 1 saturated carbocycles. The fourth-order valence-electron chi connectivity index (χ4n) is 5.19. The molecule has 5 unspecified atom stereocenters. The molecule has 1 aromatic heterocycles. The van der Waals surface area contributed by atoms with Crippen molar-refractivity contribution in [2.75, 3.05) is 26.9 Å². The molecule has 232 valence electrons. The predicted octanol–water partition coefficient (Wildman–Crippen LogP) is 4.81. The Kier molecular flexibility index (Phi) is 13.4. The Hall–Kier alpha value is -1.25. The highest BCUT2D eigenvalue weighted by Crippen LogP contribution is 2.67. The lowest BCUT2D eigenvalue weighted by Crippen LogP contribution is -2.41. The maximum absolute atomic E-state index is 12.8. The third-order valence-corrected chi connectivity index (χ3v) is 11.7. The zero-order chi connectivity index (χ0) is 30.2. The molecule has 5 atom stereocenters. The van der Waals surface area contributed by atoms with Gasteiger partial charge in [0.05, 0.1) is 38.4 Å². The van der Waals surface area contributed by atoms with Crippen molar-refractivity contribution < 1.29 is 27.6 Å². The van der Waals surface area contributed by atoms with Gasteiger partial charge in [-0.05, 0) is 67.2 Å². The first-order chi connectivity index (χ1) is 19.6. The van der Waals surface area contributed by atoms with Gasteiger partial charge in [0.1, 0.15) is 12.2 Å². The molecule has 2 aliphatic rings. The van der Waals surface area contributed by atoms with Crippen molar-refractivity contribution in [3.05, 3.63) is 33.1 Å². The molecule has 41 heavy (non-hydrogen) atoms. The highest BCUT2D eigenvalue weighted by molar-refractivity contribution is 7.49. The Labute approximate surface area is 245 Å². The van der Waals surface area contributed by atoms with E-state index in [0.717, 1.165) is 19.3 Å². The van der Waals surface area contributed by atoms with Crippen LogP contribution in [0.25, 0.3) is 0 Å². The number of aromatic nitrogens is 2. The van der Waals surface area contributed by atoms with Gasteiger partial charge in [0, 0.05) is 36.6 Å². The maximum Gasteiger partial charge on any atom is 0.330 e. The molecule has 0 amide bonds. The molecule has 0 aromatic carbocycles. The van der Waals surface area contributed by atoms with Crippen LogP contribution in [-0.4, -0.2) is 76.7 Å². The molecule has 1 aliphatic carbocycles. The van der Waals surface area contributed by atoms with Gasteiger partial charge in [-0.25, -0.2) is 9.46 Å². The molecular weight excluding hydrogens is 570 g/mol. The minimum atomic E-state index is -1.60. The molecule has 0 radical (unpaired) electrons. The monoisotopic (exact) mass is 616 g/mol. The number of rotatable bonds is 18. The van der Waals surface area contributed by atoms with Crippen LogP contribution < -0.4 is 11.2 Å². The SMILES string of the molecule is CCOP(OCC)C1(CCC2OC(n3ccc(=O)[nH]c3=O)C(OC)C2OP(OCCC#N)N(C(C)C)C(C)C)CC1. The number of nitrogens with zero attached hydrogens (tertiary/aromatic N) is 3. The van der Waals surface area contributed by atoms with Gasteiger partial charge in [-0.2, -0.15) is 5.26 Å². The van der Waals surface area contributed by atoms with Crippen LogP contribution in [0.2, 0.25) is 0 Å². The second-order valence-corrected chi connectivity index (χ2v) is 14.1. The standard InChI is InChI=1S/C27H46N4O8P2/c1-8-35-40(36-9-2)27(14-15-27)13-11-21-23(39-41(37-18-10-16-28)31(19(3)4)20(5)6)24(34-7)25(38-21)30-17-12-22(32)29-26(30)33/h12,17,19-21,23-25H,8-11,13-15,18H2,1-7H3,(H,29,32,33). The lowest BCUT2D eigenvalue weighted by molar-refractivity contribution is -0.0550. The molecule has 1 saturated heterocycles. The van der Waals surface area contributed by atoms with E-state index in [0.29, 0.717) is 19.6 Å². The van der Waals surface area contributed by atoms with Crippen LogP contribution >= 0.6 is 16.9 Å². The van der Waals surface area contributed by atoms with E-state index in [9.17, 15) is 9.59 Å². The summed E-state index contributed by atoms with van der Waals surface area (Å²) in [6.45, 7) is 13.7. The zero-order valence-electron chi connectivity index (χ0n) is 25.3. The van der Waals surface area contributed by atoms with E-state index in [-0.39, 0.29) is 30.3 Å². The fourth-order valence-corrected chi connectivity index (χ4v) is 8.84. The van der Waals surface area contributed by atoms with E-state index >= 15 is 0 Å². The van der Waals surface area contributed by atoms with E-state index in [1.165, 1.54) is 16.8 Å². The Balaban J connectivity index is 1.94. The quantitative estimate of drug-likeness (QED) is 0.181. The topological polar surface area (TPSA) is 137 Å². The molecule has 2 heterocycles. The first kappa shape index (κ1) is 34.2. The van der Waals surface area contributed by atoms with Gasteiger partial charge in [-0.1, -0.05) is 0 Å². The summed E-state index contributed by atoms with van der Waals surface area (Å²) in [5.74, 6) is 0. The first-order valence-electron chi connectivity index (χ1n) is 14.4. The summed E-state index contributed by atoms with van der Waals surface area (Å²) in [5.41, 5.74) is -1.07. The summed E-state index contributed by atoms with van der Waals surface area (Å²) in [6.07, 6.45) is 2.62. The molecule has 12 nitrogen and oxygen atoms in total. The molecule has 14 heteroatoms. The van der Waals surface area contributed by atoms with Crippen molar-refractivity contribution in [1.82, 2.24) is 14.2 Å². The summed E-state index contributed by atoms with van der Waals surface area (Å²) in [7, 11) is -1.08. The second kappa shape index (κ2) is 16.0. The number of nitrogens with one attached hydrogen (secondary N) is 1. The molecular formula is C27H46N4O8P2. The largest absolute Gasteiger partial charge is 0.374 e. The van der Waals surface area contributed by atoms with E-state index in [4.69, 9.17) is 32.8 Å². The number of aromatic amines is 1. The molecule has 1 aromatic rings. The lowest BCUT2D eigenvalue weighted by atomic mass is 10.0. The number of ether oxygens (including phenoxy) is 2. The summed E-state index contributed by atoms with van der Waals surface area (Å²) >= 11 is 0. The lowest BCUT2D eigenvalue weighted by Gasteiger charge is -2.38. The van der Waals surface area contributed by atoms with Crippen LogP contribution in [0.3, 0.4) is 0 Å². The van der Waals surface area contributed by atoms with Gasteiger partial charge in [-0.15, -0.1) is 0 Å². The van der Waals surface area contributed by atoms with Gasteiger partial charge in [0.2, 0.25) is 0 Å². The number of H-pyrrole nitrogens is 1. The third kappa shape index (κ3) is 8.66.